The predicted molar refractivity (Wildman–Crippen MR) is 225 cm³/mol. The first kappa shape index (κ1) is 37.5. The van der Waals surface area contributed by atoms with Crippen molar-refractivity contribution in [3.8, 4) is 5.75 Å². The van der Waals surface area contributed by atoms with Gasteiger partial charge in [0.15, 0.2) is 11.5 Å². The number of carbonyl (C=O) groups excluding carboxylic acids is 3. The van der Waals surface area contributed by atoms with Gasteiger partial charge in [-0.3, -0.25) is 29.4 Å². The summed E-state index contributed by atoms with van der Waals surface area (Å²) < 4.78 is 11.8. The average Bonchev–Trinajstić information content (AvgIpc) is 4.01. The van der Waals surface area contributed by atoms with Gasteiger partial charge in [0.25, 0.3) is 5.91 Å². The number of aromatic nitrogens is 6. The van der Waals surface area contributed by atoms with E-state index in [0.29, 0.717) is 59.8 Å². The number of imide groups is 1. The van der Waals surface area contributed by atoms with Crippen LogP contribution in [-0.4, -0.2) is 109 Å². The lowest BCUT2D eigenvalue weighted by molar-refractivity contribution is -0.120. The number of nitrogens with zero attached hydrogens (tertiary/aromatic N) is 9. The Balaban J connectivity index is 0.696. The van der Waals surface area contributed by atoms with Crippen LogP contribution in [0.5, 0.6) is 5.75 Å². The van der Waals surface area contributed by atoms with Crippen molar-refractivity contribution in [2.45, 2.75) is 75.9 Å². The third-order valence-electron chi connectivity index (χ3n) is 13.4. The van der Waals surface area contributed by atoms with E-state index >= 15 is 0 Å². The summed E-state index contributed by atoms with van der Waals surface area (Å²) in [7, 11) is 1.58. The highest BCUT2D eigenvalue weighted by Gasteiger charge is 2.32. The summed E-state index contributed by atoms with van der Waals surface area (Å²) in [6.07, 6.45) is 17.1. The second-order valence-corrected chi connectivity index (χ2v) is 16.8. The number of anilines is 2. The molecule has 2 saturated heterocycles. The average molecular weight is 798 g/mol. The van der Waals surface area contributed by atoms with Crippen molar-refractivity contribution in [2.75, 3.05) is 56.6 Å². The fourth-order valence-corrected chi connectivity index (χ4v) is 10.2. The Labute approximate surface area is 342 Å². The molecule has 6 heterocycles. The quantitative estimate of drug-likeness (QED) is 0.173. The van der Waals surface area contributed by atoms with E-state index in [1.165, 1.54) is 32.2 Å². The number of urea groups is 1. The first-order valence-electron chi connectivity index (χ1n) is 21.2. The molecule has 0 bridgehead atoms. The molecule has 2 aromatic carbocycles. The Morgan fingerprint density at radius 1 is 0.898 bits per heavy atom. The molecule has 0 atom stereocenters. The predicted octanol–water partition coefficient (Wildman–Crippen LogP) is 6.27. The van der Waals surface area contributed by atoms with Gasteiger partial charge in [0.05, 0.1) is 41.6 Å². The molecule has 4 fully saturated rings. The van der Waals surface area contributed by atoms with Crippen molar-refractivity contribution < 1.29 is 19.1 Å². The maximum atomic E-state index is 13.4. The summed E-state index contributed by atoms with van der Waals surface area (Å²) >= 11 is 0. The summed E-state index contributed by atoms with van der Waals surface area (Å²) in [6.45, 7) is 6.13. The molecule has 0 radical (unpaired) electrons. The molecule has 6 aromatic rings. The number of amides is 4. The summed E-state index contributed by atoms with van der Waals surface area (Å²) in [5, 5.41) is 16.6. The summed E-state index contributed by atoms with van der Waals surface area (Å²) in [5.41, 5.74) is 3.95. The summed E-state index contributed by atoms with van der Waals surface area (Å²) in [6, 6.07) is 16.8. The van der Waals surface area contributed by atoms with Crippen LogP contribution in [0.15, 0.2) is 73.3 Å². The molecule has 306 valence electrons. The number of benzene rings is 2. The van der Waals surface area contributed by atoms with Crippen molar-refractivity contribution in [1.29, 1.82) is 0 Å². The lowest BCUT2D eigenvalue weighted by atomic mass is 9.85. The van der Waals surface area contributed by atoms with Crippen LogP contribution in [-0.2, 0) is 4.79 Å². The number of nitrogens with one attached hydrogen (secondary N) is 2. The number of rotatable bonds is 9. The molecule has 2 N–H and O–H groups in total. The van der Waals surface area contributed by atoms with Crippen LogP contribution < -0.4 is 20.3 Å². The van der Waals surface area contributed by atoms with Crippen molar-refractivity contribution in [3.63, 3.8) is 0 Å². The Bertz CT molecular complexity index is 2520. The monoisotopic (exact) mass is 797 g/mol. The van der Waals surface area contributed by atoms with E-state index in [1.54, 1.807) is 28.9 Å². The fraction of sp³-hybridized carbons (Fsp3) is 0.455. The zero-order valence-electron chi connectivity index (χ0n) is 33.5. The number of fused-ring (bicyclic) bond motifs is 3. The van der Waals surface area contributed by atoms with E-state index < -0.39 is 0 Å². The summed E-state index contributed by atoms with van der Waals surface area (Å²) in [4.78, 5) is 49.2. The minimum atomic E-state index is -0.337. The molecule has 4 aliphatic rings. The van der Waals surface area contributed by atoms with E-state index in [1.807, 2.05) is 36.4 Å². The van der Waals surface area contributed by atoms with Crippen LogP contribution >= 0.6 is 0 Å². The number of carbonyl (C=O) groups is 3. The second-order valence-electron chi connectivity index (χ2n) is 16.8. The fourth-order valence-electron chi connectivity index (χ4n) is 10.2. The van der Waals surface area contributed by atoms with E-state index in [0.717, 1.165) is 79.4 Å². The number of methoxy groups -OCH3 is 1. The second kappa shape index (κ2) is 15.8. The van der Waals surface area contributed by atoms with E-state index in [-0.39, 0.29) is 17.8 Å². The number of piperazine rings is 1. The Hall–Kier alpha value is -5.80. The molecule has 0 spiro atoms. The highest BCUT2D eigenvalue weighted by molar-refractivity contribution is 6.10. The highest BCUT2D eigenvalue weighted by Crippen LogP contribution is 2.38. The molecule has 2 aliphatic heterocycles. The van der Waals surface area contributed by atoms with Crippen LogP contribution in [0, 0.1) is 5.92 Å². The standard InChI is InChI=1S/C44H51N11O4/c1-59-39-25-36-30(24-35(39)43(57)47-41-26-45-40-6-3-17-46-55(40)41)28-54(49-36)33-9-7-29(8-10-33)27-50-20-22-51(23-21-50)31-11-13-32(14-12-31)52-18-15-34-37(52)4-2-5-38(34)53-19-16-42(56)48-44(53)58/h2-6,15,17-18,24-26,28-29,31-33H,7-14,16,19-23,27H2,1H3,(H,47,57)(H,48,56,58). The molecular weight excluding hydrogens is 747 g/mol. The van der Waals surface area contributed by atoms with E-state index in [4.69, 9.17) is 9.84 Å². The molecule has 15 nitrogen and oxygen atoms in total. The number of hydrogen-bond acceptors (Lipinski definition) is 9. The molecule has 15 heteroatoms. The van der Waals surface area contributed by atoms with Crippen LogP contribution in [0.2, 0.25) is 0 Å². The molecule has 2 aliphatic carbocycles. The Morgan fingerprint density at radius 3 is 2.49 bits per heavy atom. The van der Waals surface area contributed by atoms with Crippen LogP contribution in [0.3, 0.4) is 0 Å². The molecule has 10 rings (SSSR count). The minimum Gasteiger partial charge on any atom is -0.496 e. The number of ether oxygens (including phenoxy) is 1. The van der Waals surface area contributed by atoms with Crippen molar-refractivity contribution in [2.24, 2.45) is 5.92 Å². The molecule has 59 heavy (non-hydrogen) atoms. The molecule has 4 amide bonds. The minimum absolute atomic E-state index is 0.211. The third-order valence-corrected chi connectivity index (χ3v) is 13.4. The zero-order chi connectivity index (χ0) is 40.0. The largest absolute Gasteiger partial charge is 0.496 e. The first-order valence-corrected chi connectivity index (χ1v) is 21.2. The molecule has 2 saturated carbocycles. The lowest BCUT2D eigenvalue weighted by Crippen LogP contribution is -2.52. The van der Waals surface area contributed by atoms with Crippen molar-refractivity contribution >= 4 is 56.8 Å². The highest BCUT2D eigenvalue weighted by atomic mass is 16.5. The van der Waals surface area contributed by atoms with Crippen molar-refractivity contribution in [3.05, 3.63) is 78.9 Å². The van der Waals surface area contributed by atoms with Crippen LogP contribution in [0.1, 0.15) is 80.2 Å². The molecule has 4 aromatic heterocycles. The molecular formula is C44H51N11O4. The summed E-state index contributed by atoms with van der Waals surface area (Å²) in [5.74, 6) is 1.17. The van der Waals surface area contributed by atoms with Gasteiger partial charge >= 0.3 is 6.03 Å². The maximum absolute atomic E-state index is 13.4. The van der Waals surface area contributed by atoms with Crippen LogP contribution in [0.25, 0.3) is 27.5 Å². The van der Waals surface area contributed by atoms with E-state index in [2.05, 4.69) is 64.3 Å². The number of hydrogen-bond donors (Lipinski definition) is 2. The van der Waals surface area contributed by atoms with Gasteiger partial charge in [-0.2, -0.15) is 14.7 Å². The third kappa shape index (κ3) is 7.30. The first-order chi connectivity index (χ1) is 28.9. The Morgan fingerprint density at radius 2 is 1.69 bits per heavy atom. The number of imidazole rings is 1. The smallest absolute Gasteiger partial charge is 0.328 e. The maximum Gasteiger partial charge on any atom is 0.328 e. The van der Waals surface area contributed by atoms with E-state index in [9.17, 15) is 14.4 Å². The van der Waals surface area contributed by atoms with Gasteiger partial charge in [-0.1, -0.05) is 6.07 Å². The normalized spacial score (nSPS) is 23.6. The van der Waals surface area contributed by atoms with Gasteiger partial charge < -0.3 is 19.5 Å². The van der Waals surface area contributed by atoms with Gasteiger partial charge in [-0.15, -0.1) is 0 Å². The van der Waals surface area contributed by atoms with Gasteiger partial charge in [0, 0.05) is 93.2 Å². The lowest BCUT2D eigenvalue weighted by Gasteiger charge is -2.43. The van der Waals surface area contributed by atoms with Gasteiger partial charge in [-0.05, 0) is 93.7 Å². The van der Waals surface area contributed by atoms with Gasteiger partial charge in [0.2, 0.25) is 5.91 Å². The van der Waals surface area contributed by atoms with Crippen LogP contribution in [0.4, 0.5) is 16.3 Å². The SMILES string of the molecule is COc1cc2nn(C3CCC(CN4CCN(C5CCC(n6ccc7c(N8CCC(=O)NC8=O)cccc76)CC5)CC4)CC3)cc2cc1C(=O)Nc1cnc2cccnn12. The Kier molecular flexibility index (Phi) is 10.0. The van der Waals surface area contributed by atoms with Crippen molar-refractivity contribution in [1.82, 2.24) is 44.1 Å². The molecule has 0 unspecified atom stereocenters. The zero-order valence-corrected chi connectivity index (χ0v) is 33.5. The van der Waals surface area contributed by atoms with Gasteiger partial charge in [-0.25, -0.2) is 9.78 Å². The topological polar surface area (TPSA) is 147 Å². The van der Waals surface area contributed by atoms with Gasteiger partial charge in [0.1, 0.15) is 5.75 Å².